The number of phosphoric acid groups is 1. The molecule has 16 rings (SSSR count). The first-order chi connectivity index (χ1) is 65.3. The Morgan fingerprint density at radius 3 is 1.39 bits per heavy atom. The van der Waals surface area contributed by atoms with E-state index in [1.807, 2.05) is 0 Å². The molecule has 4 aliphatic carbocycles. The zero-order chi connectivity index (χ0) is 97.2. The van der Waals surface area contributed by atoms with Gasteiger partial charge in [-0.1, -0.05) is 53.9 Å². The molecule has 0 aromatic carbocycles. The molecule has 8 aromatic rings. The number of amides is 1. The lowest BCUT2D eigenvalue weighted by Crippen LogP contribution is -2.54. The largest absolute Gasteiger partial charge is 0.472 e. The highest BCUT2D eigenvalue weighted by molar-refractivity contribution is 8.07. The van der Waals surface area contributed by atoms with E-state index >= 15 is 0 Å². The molecule has 0 radical (unpaired) electrons. The lowest BCUT2D eigenvalue weighted by molar-refractivity contribution is -0.129. The van der Waals surface area contributed by atoms with Gasteiger partial charge < -0.3 is 128 Å². The van der Waals surface area contributed by atoms with Crippen LogP contribution in [0.1, 0.15) is 169 Å². The first-order valence-electron chi connectivity index (χ1n) is 46.0. The van der Waals surface area contributed by atoms with Crippen molar-refractivity contribution in [2.24, 2.45) is 52.3 Å². The summed E-state index contributed by atoms with van der Waals surface area (Å²) >= 11 is 16.8. The quantitative estimate of drug-likeness (QED) is 0.0168. The van der Waals surface area contributed by atoms with Crippen molar-refractivity contribution in [3.8, 4) is 0 Å². The van der Waals surface area contributed by atoms with Crippen LogP contribution in [-0.2, 0) is 119 Å². The molecule has 8 fully saturated rings. The van der Waals surface area contributed by atoms with E-state index in [0.29, 0.717) is 49.5 Å². The van der Waals surface area contributed by atoms with Crippen LogP contribution in [0.15, 0.2) is 44.5 Å². The minimum Gasteiger partial charge on any atom is -0.446 e. The van der Waals surface area contributed by atoms with Gasteiger partial charge in [-0.2, -0.15) is 19.9 Å². The Bertz CT molecular complexity index is 6020. The van der Waals surface area contributed by atoms with E-state index in [9.17, 15) is 58.3 Å². The topological polar surface area (TPSA) is 683 Å². The number of aromatic nitrogens is 16. The number of anilines is 4. The van der Waals surface area contributed by atoms with Gasteiger partial charge in [0.25, 0.3) is 22.2 Å². The van der Waals surface area contributed by atoms with Crippen LogP contribution >= 0.6 is 28.0 Å². The van der Waals surface area contributed by atoms with Crippen LogP contribution in [0.25, 0.3) is 44.7 Å². The summed E-state index contributed by atoms with van der Waals surface area (Å²) < 4.78 is 120. The second-order valence-corrected chi connectivity index (χ2v) is 47.0. The number of carbonyl (C=O) groups excluding carboxylic acids is 1. The van der Waals surface area contributed by atoms with Gasteiger partial charge in [0.1, 0.15) is 61.5 Å². The van der Waals surface area contributed by atoms with E-state index in [1.54, 1.807) is 0 Å². The van der Waals surface area contributed by atoms with E-state index in [-0.39, 0.29) is 133 Å². The molecule has 8 aromatic heterocycles. The predicted molar refractivity (Wildman–Crippen MR) is 499 cm³/mol. The van der Waals surface area contributed by atoms with Crippen LogP contribution < -0.4 is 50.5 Å². The number of aliphatic hydroxyl groups excluding tert-OH is 2. The van der Waals surface area contributed by atoms with Crippen molar-refractivity contribution in [2.45, 2.75) is 230 Å². The van der Waals surface area contributed by atoms with Gasteiger partial charge in [0, 0.05) is 38.8 Å². The third-order valence-corrected chi connectivity index (χ3v) is 33.7. The molecule has 8 aliphatic rings. The Morgan fingerprint density at radius 1 is 0.526 bits per heavy atom. The molecule has 57 heteroatoms. The van der Waals surface area contributed by atoms with E-state index in [0.717, 1.165) is 54.8 Å². The number of nitrogens with one attached hydrogen (secondary N) is 5. The molecular formula is C80H121N21O29P4S3. The lowest BCUT2D eigenvalue weighted by Gasteiger charge is -2.61. The minimum absolute atomic E-state index is 0.0237. The van der Waals surface area contributed by atoms with Crippen molar-refractivity contribution in [1.29, 1.82) is 0 Å². The summed E-state index contributed by atoms with van der Waals surface area (Å²) in [5.41, 5.74) is 21.2. The van der Waals surface area contributed by atoms with Crippen LogP contribution in [0.4, 0.5) is 28.6 Å². The third-order valence-electron chi connectivity index (χ3n) is 27.9. The number of alkyl carbamates (subject to hydrolysis) is 1. The highest BCUT2D eigenvalue weighted by atomic mass is 32.5. The molecule has 12 heterocycles. The SMILES string of the molecule is CC(C)CCCC(C)C1CCC2C3CCC4CC(OC(=O)NCCCOCCOCCOCCOCC(CO)OP(=O)(O)OCC5OC(n6cnc7c(=O)[nH]c(N)nc76)CC5OP(O)(=S)OCC5OC(n6cnc7c(=O)[nH]c(N)nc76)CC5OP(O)(=S)OCC5OC(n6cnc7c(=O)[nH]c(N)nc76)CC5OP(O)(=S)OCC5OC(n6cnc7c(=O)[nH]c(N)nc76)CC5O)CCC4(C)C3CCC12C. The van der Waals surface area contributed by atoms with Gasteiger partial charge in [0.05, 0.1) is 129 Å². The average Bonchev–Trinajstić information content (AvgIpc) is 1.70. The zero-order valence-corrected chi connectivity index (χ0v) is 82.1. The van der Waals surface area contributed by atoms with E-state index < -0.39 is 170 Å². The maximum absolute atomic E-state index is 13.7. The van der Waals surface area contributed by atoms with Crippen LogP contribution in [0.2, 0.25) is 0 Å². The Labute approximate surface area is 799 Å². The molecule has 26 unspecified atom stereocenters. The molecule has 4 saturated heterocycles. The lowest BCUT2D eigenvalue weighted by atomic mass is 9.44. The van der Waals surface area contributed by atoms with Gasteiger partial charge in [-0.05, 0) is 152 Å². The fourth-order valence-corrected chi connectivity index (χ4v) is 26.8. The standard InChI is InChI=1S/C80H121N21O29P4S3/c1-41(2)8-6-9-42(3)47-12-13-48-46-11-10-43-26-44(14-16-79(43,4)49(46)15-17-80(47,48)5)122-78(108)85-18-7-19-114-20-21-115-22-23-116-24-25-117-32-45(31-102)127-131(109,110)118-34-55-51(28-59(124-55)99-38-87-63-67(99)91-75(82)95-71(63)105)128-133(112,136)120-36-57-53(30-61(126-57)101-40-89-65-69(101)93-77(84)97-73(65)107)130-134(113,137)121-35-56-52(29-60(125-56)100-39-88-64-68(100)92-76(83)96-72(64)106)129-132(111,135)119-33-54-50(103)27-58(123-54)98-37-86-62-66(98)90-74(81)94-70(62)104/h37-61,102-103H,6-36H2,1-5H3,(H,85,108)(H,109,110)(H,111,135)(H,112,136)(H,113,137)(H3,81,90,94,104)(H3,82,91,95,105)(H3,83,92,96,106)(H3,84,93,97,107). The van der Waals surface area contributed by atoms with Crippen molar-refractivity contribution in [3.63, 3.8) is 0 Å². The van der Waals surface area contributed by atoms with Crippen molar-refractivity contribution in [1.82, 2.24) is 83.4 Å². The Hall–Kier alpha value is -6.83. The van der Waals surface area contributed by atoms with Gasteiger partial charge in [0.2, 0.25) is 23.8 Å². The third kappa shape index (κ3) is 24.3. The summed E-state index contributed by atoms with van der Waals surface area (Å²) in [6.45, 7) is -3.31. The van der Waals surface area contributed by atoms with Crippen LogP contribution in [0.3, 0.4) is 0 Å². The summed E-state index contributed by atoms with van der Waals surface area (Å²) in [7, 11) is -5.15. The Balaban J connectivity index is 0.485. The highest BCUT2D eigenvalue weighted by Crippen LogP contribution is 2.69. The predicted octanol–water partition coefficient (Wildman–Crippen LogP) is 5.38. The van der Waals surface area contributed by atoms with Crippen LogP contribution in [-0.4, -0.2) is 267 Å². The molecule has 0 spiro atoms. The van der Waals surface area contributed by atoms with E-state index in [1.165, 1.54) is 101 Å². The minimum atomic E-state index is -5.15. The molecule has 4 saturated carbocycles. The molecule has 26 atom stereocenters. The van der Waals surface area contributed by atoms with Gasteiger partial charge in [-0.15, -0.1) is 0 Å². The van der Waals surface area contributed by atoms with Crippen LogP contribution in [0, 0.1) is 52.3 Å². The number of hydrogen-bond acceptors (Lipinski definition) is 40. The number of fused-ring (bicyclic) bond motifs is 9. The average molecular weight is 2060 g/mol. The second kappa shape index (κ2) is 43.8. The second-order valence-electron chi connectivity index (χ2n) is 37.2. The van der Waals surface area contributed by atoms with E-state index in [4.69, 9.17) is 137 Å². The zero-order valence-electron chi connectivity index (χ0n) is 76.1. The number of ether oxygens (including phenoxy) is 9. The van der Waals surface area contributed by atoms with Crippen molar-refractivity contribution in [2.75, 3.05) is 115 Å². The maximum Gasteiger partial charge on any atom is 0.472 e. The first kappa shape index (κ1) is 103. The number of imidazole rings is 4. The van der Waals surface area contributed by atoms with Crippen molar-refractivity contribution >= 4 is 138 Å². The Kier molecular flexibility index (Phi) is 32.9. The number of aromatic amines is 4. The number of nitrogen functional groups attached to an aromatic ring is 4. The van der Waals surface area contributed by atoms with Gasteiger partial charge in [-0.25, -0.2) is 29.3 Å². The fraction of sp³-hybridized carbons (Fsp3) is 0.738. The number of rotatable bonds is 46. The number of phosphoric ester groups is 1. The van der Waals surface area contributed by atoms with Crippen LogP contribution in [0.5, 0.6) is 0 Å². The number of nitrogens with zero attached hydrogens (tertiary/aromatic N) is 12. The summed E-state index contributed by atoms with van der Waals surface area (Å²) in [6, 6.07) is 0. The smallest absolute Gasteiger partial charge is 0.446 e. The van der Waals surface area contributed by atoms with Gasteiger partial charge in [-0.3, -0.25) is 66.4 Å². The number of nitrogens with two attached hydrogens (primary N) is 4. The summed E-state index contributed by atoms with van der Waals surface area (Å²) in [4.78, 5) is 155. The van der Waals surface area contributed by atoms with Gasteiger partial charge in [0.15, 0.2) is 44.7 Å². The normalized spacial score (nSPS) is 30.6. The highest BCUT2D eigenvalue weighted by Gasteiger charge is 2.61. The fourth-order valence-electron chi connectivity index (χ4n) is 21.4. The summed E-state index contributed by atoms with van der Waals surface area (Å²) in [5, 5.41) is 24.3. The molecule has 1 amide bonds. The molecular weight excluding hydrogens is 1940 g/mol. The monoisotopic (exact) mass is 2060 g/mol. The molecule has 758 valence electrons. The molecule has 0 bridgehead atoms. The number of carbonyl (C=O) groups is 1. The summed E-state index contributed by atoms with van der Waals surface area (Å²) in [5.74, 6) is 4.37. The number of hydrogen-bond donors (Lipinski definition) is 15. The van der Waals surface area contributed by atoms with Gasteiger partial charge >= 0.3 is 34.1 Å². The van der Waals surface area contributed by atoms with Crippen molar-refractivity contribution in [3.05, 3.63) is 66.7 Å². The maximum atomic E-state index is 13.7. The number of H-pyrrole nitrogens is 4. The van der Waals surface area contributed by atoms with Crippen molar-refractivity contribution < 1.29 is 118 Å². The molecule has 137 heavy (non-hydrogen) atoms. The number of aliphatic hydroxyl groups is 2. The Morgan fingerprint density at radius 2 is 0.934 bits per heavy atom. The first-order valence-corrected chi connectivity index (χ1v) is 55.2. The van der Waals surface area contributed by atoms with E-state index in [2.05, 4.69) is 99.7 Å². The molecule has 19 N–H and O–H groups in total. The molecule has 4 aliphatic heterocycles. The molecule has 50 nitrogen and oxygen atoms in total. The summed E-state index contributed by atoms with van der Waals surface area (Å²) in [6.07, 6.45) is 2.71.